The molecule has 1 aliphatic heterocycles. The van der Waals surface area contributed by atoms with Gasteiger partial charge in [0, 0.05) is 37.0 Å². The lowest BCUT2D eigenvalue weighted by Gasteiger charge is -2.21. The summed E-state index contributed by atoms with van der Waals surface area (Å²) in [6.07, 6.45) is 1.76. The molecule has 17 heavy (non-hydrogen) atoms. The minimum atomic E-state index is 0.311. The van der Waals surface area contributed by atoms with Crippen LogP contribution in [0.2, 0.25) is 0 Å². The van der Waals surface area contributed by atoms with Crippen LogP contribution in [-0.4, -0.2) is 29.9 Å². The van der Waals surface area contributed by atoms with Crippen molar-refractivity contribution >= 4 is 17.2 Å². The molecule has 94 valence electrons. The number of nitrogens with one attached hydrogen (secondary N) is 1. The Hall–Kier alpha value is -0.870. The second-order valence-corrected chi connectivity index (χ2v) is 5.75. The monoisotopic (exact) mass is 252 g/mol. The third kappa shape index (κ3) is 3.30. The Morgan fingerprint density at radius 1 is 1.59 bits per heavy atom. The number of likely N-dealkylation sites (tertiary alicyclic amines) is 1. The van der Waals surface area contributed by atoms with Crippen LogP contribution in [0.3, 0.4) is 0 Å². The highest BCUT2D eigenvalue weighted by Crippen LogP contribution is 2.15. The minimum absolute atomic E-state index is 0.311. The summed E-state index contributed by atoms with van der Waals surface area (Å²) in [5.74, 6) is 0.311. The fourth-order valence-electron chi connectivity index (χ4n) is 2.14. The largest absolute Gasteiger partial charge is 0.341 e. The molecule has 1 unspecified atom stereocenters. The molecule has 1 amide bonds. The summed E-state index contributed by atoms with van der Waals surface area (Å²) >= 11 is 1.79. The first-order valence-electron chi connectivity index (χ1n) is 6.21. The summed E-state index contributed by atoms with van der Waals surface area (Å²) in [6, 6.07) is 2.51. The van der Waals surface area contributed by atoms with E-state index in [4.69, 9.17) is 0 Å². The van der Waals surface area contributed by atoms with Crippen molar-refractivity contribution in [2.45, 2.75) is 39.3 Å². The maximum atomic E-state index is 11.5. The van der Waals surface area contributed by atoms with Gasteiger partial charge in [0.2, 0.25) is 5.91 Å². The third-order valence-electron chi connectivity index (χ3n) is 3.24. The Morgan fingerprint density at radius 2 is 2.41 bits per heavy atom. The van der Waals surface area contributed by atoms with E-state index in [9.17, 15) is 4.79 Å². The van der Waals surface area contributed by atoms with Crippen LogP contribution in [0.1, 0.15) is 30.2 Å². The quantitative estimate of drug-likeness (QED) is 0.871. The first-order chi connectivity index (χ1) is 8.16. The molecule has 2 heterocycles. The average Bonchev–Trinajstić information content (AvgIpc) is 2.86. The predicted molar refractivity (Wildman–Crippen MR) is 71.2 cm³/mol. The number of hydrogen-bond donors (Lipinski definition) is 1. The summed E-state index contributed by atoms with van der Waals surface area (Å²) in [5.41, 5.74) is 1.35. The van der Waals surface area contributed by atoms with Gasteiger partial charge in [-0.2, -0.15) is 0 Å². The fraction of sp³-hybridized carbons (Fsp3) is 0.615. The Bertz CT molecular complexity index is 389. The molecule has 1 aliphatic rings. The molecule has 0 bridgehead atoms. The van der Waals surface area contributed by atoms with Gasteiger partial charge in [0.05, 0.1) is 0 Å². The molecular formula is C13H20N2OS. The van der Waals surface area contributed by atoms with E-state index in [0.29, 0.717) is 11.9 Å². The number of rotatable bonds is 5. The number of hydrogen-bond acceptors (Lipinski definition) is 3. The van der Waals surface area contributed by atoms with Gasteiger partial charge < -0.3 is 10.2 Å². The lowest BCUT2D eigenvalue weighted by molar-refractivity contribution is -0.127. The number of nitrogens with zero attached hydrogens (tertiary/aromatic N) is 1. The Morgan fingerprint density at radius 3 is 3.00 bits per heavy atom. The lowest BCUT2D eigenvalue weighted by atomic mass is 10.2. The van der Waals surface area contributed by atoms with Gasteiger partial charge >= 0.3 is 0 Å². The van der Waals surface area contributed by atoms with E-state index in [1.165, 1.54) is 10.4 Å². The van der Waals surface area contributed by atoms with E-state index in [2.05, 4.69) is 30.6 Å². The number of thiophene rings is 1. The summed E-state index contributed by atoms with van der Waals surface area (Å²) in [5, 5.41) is 5.62. The lowest BCUT2D eigenvalue weighted by Crippen LogP contribution is -2.39. The molecule has 1 aromatic rings. The maximum absolute atomic E-state index is 11.5. The Labute approximate surface area is 107 Å². The zero-order valence-electron chi connectivity index (χ0n) is 10.5. The Balaban J connectivity index is 1.76. The molecule has 1 saturated heterocycles. The number of aryl methyl sites for hydroxylation is 1. The zero-order chi connectivity index (χ0) is 12.3. The molecule has 0 aromatic carbocycles. The van der Waals surface area contributed by atoms with Crippen molar-refractivity contribution < 1.29 is 4.79 Å². The molecule has 2 rings (SSSR count). The van der Waals surface area contributed by atoms with Crippen LogP contribution in [0.25, 0.3) is 0 Å². The van der Waals surface area contributed by atoms with Crippen molar-refractivity contribution in [3.8, 4) is 0 Å². The van der Waals surface area contributed by atoms with Gasteiger partial charge in [0.1, 0.15) is 0 Å². The maximum Gasteiger partial charge on any atom is 0.222 e. The summed E-state index contributed by atoms with van der Waals surface area (Å²) in [6.45, 7) is 6.97. The van der Waals surface area contributed by atoms with Crippen molar-refractivity contribution in [3.63, 3.8) is 0 Å². The highest BCUT2D eigenvalue weighted by molar-refractivity contribution is 7.10. The minimum Gasteiger partial charge on any atom is -0.341 e. The van der Waals surface area contributed by atoms with Gasteiger partial charge in [0.25, 0.3) is 0 Å². The normalized spacial score (nSPS) is 17.8. The molecule has 1 fully saturated rings. The molecule has 0 aliphatic carbocycles. The molecule has 4 heteroatoms. The summed E-state index contributed by atoms with van der Waals surface area (Å²) in [7, 11) is 0. The highest BCUT2D eigenvalue weighted by Gasteiger charge is 2.21. The molecule has 1 aromatic heterocycles. The number of carbonyl (C=O) groups excluding carboxylic acids is 1. The van der Waals surface area contributed by atoms with Gasteiger partial charge in [0.15, 0.2) is 0 Å². The van der Waals surface area contributed by atoms with E-state index in [1.807, 2.05) is 4.90 Å². The van der Waals surface area contributed by atoms with Crippen molar-refractivity contribution in [2.24, 2.45) is 0 Å². The SMILES string of the molecule is Cc1ccsc1CNC(C)CN1CCCC1=O. The number of amides is 1. The van der Waals surface area contributed by atoms with E-state index >= 15 is 0 Å². The van der Waals surface area contributed by atoms with Crippen LogP contribution in [0, 0.1) is 6.92 Å². The van der Waals surface area contributed by atoms with E-state index in [1.54, 1.807) is 11.3 Å². The molecule has 1 atom stereocenters. The zero-order valence-corrected chi connectivity index (χ0v) is 11.3. The van der Waals surface area contributed by atoms with Crippen LogP contribution in [0.4, 0.5) is 0 Å². The van der Waals surface area contributed by atoms with Crippen molar-refractivity contribution in [1.29, 1.82) is 0 Å². The van der Waals surface area contributed by atoms with Gasteiger partial charge in [-0.25, -0.2) is 0 Å². The predicted octanol–water partition coefficient (Wildman–Crippen LogP) is 2.16. The molecule has 1 N–H and O–H groups in total. The van der Waals surface area contributed by atoms with Crippen LogP contribution in [0.15, 0.2) is 11.4 Å². The topological polar surface area (TPSA) is 32.3 Å². The van der Waals surface area contributed by atoms with E-state index in [-0.39, 0.29) is 0 Å². The Kier molecular flexibility index (Phi) is 4.18. The van der Waals surface area contributed by atoms with Crippen LogP contribution < -0.4 is 5.32 Å². The number of carbonyl (C=O) groups is 1. The first kappa shape index (κ1) is 12.6. The third-order valence-corrected chi connectivity index (χ3v) is 4.27. The van der Waals surface area contributed by atoms with Crippen LogP contribution in [0.5, 0.6) is 0 Å². The second kappa shape index (κ2) is 5.65. The molecule has 0 spiro atoms. The smallest absolute Gasteiger partial charge is 0.222 e. The summed E-state index contributed by atoms with van der Waals surface area (Å²) in [4.78, 5) is 14.9. The standard InChI is InChI=1S/C13H20N2OS/c1-10-5-7-17-12(10)8-14-11(2)9-15-6-3-4-13(15)16/h5,7,11,14H,3-4,6,8-9H2,1-2H3. The molecule has 3 nitrogen and oxygen atoms in total. The van der Waals surface area contributed by atoms with Crippen LogP contribution in [-0.2, 0) is 11.3 Å². The second-order valence-electron chi connectivity index (χ2n) is 4.75. The van der Waals surface area contributed by atoms with Crippen molar-refractivity contribution in [1.82, 2.24) is 10.2 Å². The van der Waals surface area contributed by atoms with Gasteiger partial charge in [-0.15, -0.1) is 11.3 Å². The molecular weight excluding hydrogens is 232 g/mol. The van der Waals surface area contributed by atoms with E-state index in [0.717, 1.165) is 32.5 Å². The van der Waals surface area contributed by atoms with Gasteiger partial charge in [-0.3, -0.25) is 4.79 Å². The average molecular weight is 252 g/mol. The fourth-order valence-corrected chi connectivity index (χ4v) is 3.00. The van der Waals surface area contributed by atoms with Crippen molar-refractivity contribution in [2.75, 3.05) is 13.1 Å². The van der Waals surface area contributed by atoms with Crippen molar-refractivity contribution in [3.05, 3.63) is 21.9 Å². The summed E-state index contributed by atoms with van der Waals surface area (Å²) < 4.78 is 0. The molecule has 0 saturated carbocycles. The first-order valence-corrected chi connectivity index (χ1v) is 7.09. The highest BCUT2D eigenvalue weighted by atomic mass is 32.1. The van der Waals surface area contributed by atoms with Gasteiger partial charge in [-0.1, -0.05) is 0 Å². The van der Waals surface area contributed by atoms with E-state index < -0.39 is 0 Å². The van der Waals surface area contributed by atoms with Gasteiger partial charge in [-0.05, 0) is 37.3 Å². The molecule has 0 radical (unpaired) electrons. The van der Waals surface area contributed by atoms with Crippen LogP contribution >= 0.6 is 11.3 Å².